The number of pyridine rings is 1. The monoisotopic (exact) mass is 344 g/mol. The standard InChI is InChI=1S/C16H16F4N2O2/c1-4-24-10-6-5-9(7-11(10)23-3)8(2)21-14-12(17)15(19)22-16(20)13(14)18/h5-8H,4H2,1-3H3,(H,21,22). The fourth-order valence-corrected chi connectivity index (χ4v) is 2.14. The minimum Gasteiger partial charge on any atom is -0.493 e. The lowest BCUT2D eigenvalue weighted by molar-refractivity contribution is 0.310. The first-order valence-electron chi connectivity index (χ1n) is 7.16. The van der Waals surface area contributed by atoms with Crippen LogP contribution in [-0.2, 0) is 0 Å². The Hall–Kier alpha value is -2.51. The summed E-state index contributed by atoms with van der Waals surface area (Å²) in [6.45, 7) is 3.83. The maximum Gasteiger partial charge on any atom is 0.253 e. The van der Waals surface area contributed by atoms with E-state index in [0.717, 1.165) is 0 Å². The molecule has 2 rings (SSSR count). The van der Waals surface area contributed by atoms with Crippen LogP contribution in [0.4, 0.5) is 23.2 Å². The van der Waals surface area contributed by atoms with Gasteiger partial charge in [0.15, 0.2) is 11.5 Å². The normalized spacial score (nSPS) is 12.0. The van der Waals surface area contributed by atoms with Crippen molar-refractivity contribution in [1.82, 2.24) is 4.98 Å². The van der Waals surface area contributed by atoms with E-state index in [1.54, 1.807) is 25.1 Å². The highest BCUT2D eigenvalue weighted by Crippen LogP contribution is 2.32. The highest BCUT2D eigenvalue weighted by Gasteiger charge is 2.22. The number of aromatic nitrogens is 1. The Labute approximate surface area is 136 Å². The fraction of sp³-hybridized carbons (Fsp3) is 0.312. The molecule has 0 bridgehead atoms. The second-order valence-electron chi connectivity index (χ2n) is 4.91. The van der Waals surface area contributed by atoms with Gasteiger partial charge in [0, 0.05) is 6.04 Å². The van der Waals surface area contributed by atoms with Gasteiger partial charge in [-0.3, -0.25) is 0 Å². The summed E-state index contributed by atoms with van der Waals surface area (Å²) in [6, 6.07) is 4.22. The topological polar surface area (TPSA) is 43.4 Å². The van der Waals surface area contributed by atoms with Crippen molar-refractivity contribution in [3.8, 4) is 11.5 Å². The van der Waals surface area contributed by atoms with Crippen molar-refractivity contribution in [3.63, 3.8) is 0 Å². The summed E-state index contributed by atoms with van der Waals surface area (Å²) in [7, 11) is 1.45. The molecule has 0 spiro atoms. The molecule has 1 heterocycles. The molecule has 24 heavy (non-hydrogen) atoms. The van der Waals surface area contributed by atoms with Crippen molar-refractivity contribution in [1.29, 1.82) is 0 Å². The number of halogens is 4. The van der Waals surface area contributed by atoms with E-state index in [0.29, 0.717) is 23.7 Å². The number of hydrogen-bond donors (Lipinski definition) is 1. The van der Waals surface area contributed by atoms with E-state index in [2.05, 4.69) is 10.3 Å². The van der Waals surface area contributed by atoms with Crippen LogP contribution in [0.2, 0.25) is 0 Å². The molecule has 0 aliphatic carbocycles. The molecule has 1 aromatic carbocycles. The molecule has 8 heteroatoms. The Morgan fingerprint density at radius 1 is 1.08 bits per heavy atom. The summed E-state index contributed by atoms with van der Waals surface area (Å²) in [6.07, 6.45) is 0. The first-order chi connectivity index (χ1) is 11.4. The predicted molar refractivity (Wildman–Crippen MR) is 80.3 cm³/mol. The summed E-state index contributed by atoms with van der Waals surface area (Å²) in [4.78, 5) is 2.51. The highest BCUT2D eigenvalue weighted by molar-refractivity contribution is 5.50. The van der Waals surface area contributed by atoms with Crippen molar-refractivity contribution in [2.45, 2.75) is 19.9 Å². The largest absolute Gasteiger partial charge is 0.493 e. The molecule has 0 radical (unpaired) electrons. The molecular weight excluding hydrogens is 328 g/mol. The number of anilines is 1. The van der Waals surface area contributed by atoms with Crippen LogP contribution < -0.4 is 14.8 Å². The van der Waals surface area contributed by atoms with E-state index in [-0.39, 0.29) is 0 Å². The van der Waals surface area contributed by atoms with Gasteiger partial charge < -0.3 is 14.8 Å². The van der Waals surface area contributed by atoms with E-state index in [1.165, 1.54) is 7.11 Å². The number of rotatable bonds is 6. The molecule has 0 aliphatic rings. The Balaban J connectivity index is 2.32. The number of nitrogens with one attached hydrogen (secondary N) is 1. The summed E-state index contributed by atoms with van der Waals surface area (Å²) in [5, 5.41) is 2.41. The van der Waals surface area contributed by atoms with Crippen molar-refractivity contribution in [3.05, 3.63) is 47.3 Å². The van der Waals surface area contributed by atoms with Crippen LogP contribution in [0.25, 0.3) is 0 Å². The maximum absolute atomic E-state index is 13.7. The number of nitrogens with zero attached hydrogens (tertiary/aromatic N) is 1. The van der Waals surface area contributed by atoms with Gasteiger partial charge in [0.2, 0.25) is 11.6 Å². The lowest BCUT2D eigenvalue weighted by atomic mass is 10.1. The molecule has 2 aromatic rings. The number of benzene rings is 1. The Bertz CT molecular complexity index is 714. The van der Waals surface area contributed by atoms with E-state index < -0.39 is 35.3 Å². The van der Waals surface area contributed by atoms with Crippen LogP contribution in [0.3, 0.4) is 0 Å². The molecule has 130 valence electrons. The third-order valence-electron chi connectivity index (χ3n) is 3.35. The van der Waals surface area contributed by atoms with Crippen molar-refractivity contribution >= 4 is 5.69 Å². The van der Waals surface area contributed by atoms with Crippen LogP contribution in [0, 0.1) is 23.5 Å². The van der Waals surface area contributed by atoms with Crippen LogP contribution in [-0.4, -0.2) is 18.7 Å². The van der Waals surface area contributed by atoms with Crippen LogP contribution >= 0.6 is 0 Å². The van der Waals surface area contributed by atoms with E-state index in [9.17, 15) is 17.6 Å². The van der Waals surface area contributed by atoms with Gasteiger partial charge in [0.1, 0.15) is 5.69 Å². The first-order valence-corrected chi connectivity index (χ1v) is 7.16. The minimum absolute atomic E-state index is 0.427. The van der Waals surface area contributed by atoms with Gasteiger partial charge in [0.05, 0.1) is 13.7 Å². The van der Waals surface area contributed by atoms with E-state index in [4.69, 9.17) is 9.47 Å². The maximum atomic E-state index is 13.7. The average Bonchev–Trinajstić information content (AvgIpc) is 2.57. The second-order valence-corrected chi connectivity index (χ2v) is 4.91. The first kappa shape index (κ1) is 17.8. The van der Waals surface area contributed by atoms with Gasteiger partial charge in [-0.25, -0.2) is 0 Å². The molecule has 0 saturated carbocycles. The van der Waals surface area contributed by atoms with Crippen molar-refractivity contribution in [2.75, 3.05) is 19.0 Å². The summed E-state index contributed by atoms with van der Waals surface area (Å²) in [5.74, 6) is -5.66. The molecule has 0 saturated heterocycles. The van der Waals surface area contributed by atoms with Gasteiger partial charge in [0.25, 0.3) is 11.9 Å². The smallest absolute Gasteiger partial charge is 0.253 e. The molecule has 4 nitrogen and oxygen atoms in total. The zero-order chi connectivity index (χ0) is 17.9. The molecule has 1 N–H and O–H groups in total. The van der Waals surface area contributed by atoms with Crippen LogP contribution in [0.15, 0.2) is 18.2 Å². The zero-order valence-corrected chi connectivity index (χ0v) is 13.3. The third kappa shape index (κ3) is 3.52. The Kier molecular flexibility index (Phi) is 5.48. The number of hydrogen-bond acceptors (Lipinski definition) is 4. The number of ether oxygens (including phenoxy) is 2. The molecule has 1 aromatic heterocycles. The van der Waals surface area contributed by atoms with Crippen molar-refractivity contribution < 1.29 is 27.0 Å². The third-order valence-corrected chi connectivity index (χ3v) is 3.35. The van der Waals surface area contributed by atoms with E-state index >= 15 is 0 Å². The molecule has 1 unspecified atom stereocenters. The lowest BCUT2D eigenvalue weighted by Crippen LogP contribution is -2.13. The predicted octanol–water partition coefficient (Wildman–Crippen LogP) is 4.22. The Morgan fingerprint density at radius 3 is 2.25 bits per heavy atom. The molecule has 0 amide bonds. The van der Waals surface area contributed by atoms with Crippen molar-refractivity contribution in [2.24, 2.45) is 0 Å². The summed E-state index contributed by atoms with van der Waals surface area (Å²) in [5.41, 5.74) is -0.341. The van der Waals surface area contributed by atoms with Gasteiger partial charge >= 0.3 is 0 Å². The van der Waals surface area contributed by atoms with Gasteiger partial charge in [-0.05, 0) is 31.5 Å². The SMILES string of the molecule is CCOc1ccc(C(C)Nc2c(F)c(F)nc(F)c2F)cc1OC. The van der Waals surface area contributed by atoms with Gasteiger partial charge in [-0.15, -0.1) is 0 Å². The molecule has 0 aliphatic heterocycles. The highest BCUT2D eigenvalue weighted by atomic mass is 19.2. The fourth-order valence-electron chi connectivity index (χ4n) is 2.14. The number of methoxy groups -OCH3 is 1. The van der Waals surface area contributed by atoms with Crippen LogP contribution in [0.5, 0.6) is 11.5 Å². The lowest BCUT2D eigenvalue weighted by Gasteiger charge is -2.18. The Morgan fingerprint density at radius 2 is 1.71 bits per heavy atom. The molecular formula is C16H16F4N2O2. The molecule has 1 atom stereocenters. The van der Waals surface area contributed by atoms with E-state index in [1.807, 2.05) is 6.92 Å². The minimum atomic E-state index is -1.71. The summed E-state index contributed by atoms with van der Waals surface area (Å²) >= 11 is 0. The molecule has 0 fully saturated rings. The van der Waals surface area contributed by atoms with Gasteiger partial charge in [-0.2, -0.15) is 22.5 Å². The second kappa shape index (κ2) is 7.37. The quantitative estimate of drug-likeness (QED) is 0.629. The van der Waals surface area contributed by atoms with Crippen LogP contribution in [0.1, 0.15) is 25.5 Å². The summed E-state index contributed by atoms with van der Waals surface area (Å²) < 4.78 is 64.2. The van der Waals surface area contributed by atoms with Gasteiger partial charge in [-0.1, -0.05) is 6.07 Å². The zero-order valence-electron chi connectivity index (χ0n) is 13.3. The average molecular weight is 344 g/mol.